The van der Waals surface area contributed by atoms with Crippen LogP contribution in [0.4, 0.5) is 19.0 Å². The Hall–Kier alpha value is -4.15. The molecule has 37 heavy (non-hydrogen) atoms. The predicted molar refractivity (Wildman–Crippen MR) is 130 cm³/mol. The van der Waals surface area contributed by atoms with Crippen molar-refractivity contribution in [2.45, 2.75) is 45.3 Å². The Morgan fingerprint density at radius 1 is 1.11 bits per heavy atom. The second-order valence-corrected chi connectivity index (χ2v) is 9.12. The van der Waals surface area contributed by atoms with Gasteiger partial charge in [-0.2, -0.15) is 18.3 Å². The molecule has 1 aromatic carbocycles. The zero-order chi connectivity index (χ0) is 26.3. The summed E-state index contributed by atoms with van der Waals surface area (Å²) in [4.78, 5) is 32.6. The Balaban J connectivity index is 1.37. The van der Waals surface area contributed by atoms with E-state index in [0.717, 1.165) is 24.6 Å². The molecule has 4 aromatic rings. The summed E-state index contributed by atoms with van der Waals surface area (Å²) in [7, 11) is 0. The third-order valence-electron chi connectivity index (χ3n) is 6.82. The minimum atomic E-state index is -4.56. The van der Waals surface area contributed by atoms with Crippen LogP contribution in [-0.4, -0.2) is 42.8 Å². The number of aryl methyl sites for hydroxylation is 1. The number of carbonyl (C=O) groups excluding carboxylic acids is 2. The number of likely N-dealkylation sites (tertiary alicyclic amines) is 1. The van der Waals surface area contributed by atoms with Gasteiger partial charge in [0, 0.05) is 24.4 Å². The Morgan fingerprint density at radius 3 is 2.68 bits per heavy atom. The van der Waals surface area contributed by atoms with E-state index in [1.165, 1.54) is 19.1 Å². The van der Waals surface area contributed by atoms with Crippen LogP contribution >= 0.6 is 0 Å². The number of fused-ring (bicyclic) bond motifs is 1. The first-order chi connectivity index (χ1) is 17.6. The van der Waals surface area contributed by atoms with E-state index in [2.05, 4.69) is 20.5 Å². The molecule has 2 amide bonds. The third-order valence-corrected chi connectivity index (χ3v) is 6.82. The van der Waals surface area contributed by atoms with Gasteiger partial charge in [0.1, 0.15) is 11.3 Å². The van der Waals surface area contributed by atoms with Crippen molar-refractivity contribution >= 4 is 23.3 Å². The number of nitrogens with one attached hydrogen (secondary N) is 2. The topological polar surface area (TPSA) is 95.4 Å². The van der Waals surface area contributed by atoms with Gasteiger partial charge < -0.3 is 14.6 Å². The van der Waals surface area contributed by atoms with Crippen LogP contribution in [0, 0.1) is 13.8 Å². The predicted octanol–water partition coefficient (Wildman–Crippen LogP) is 5.31. The zero-order valence-electron chi connectivity index (χ0n) is 20.3. The lowest BCUT2D eigenvalue weighted by Gasteiger charge is -2.34. The number of nitrogens with zero attached hydrogens (tertiary/aromatic N) is 4. The summed E-state index contributed by atoms with van der Waals surface area (Å²) < 4.78 is 41.6. The number of carbonyl (C=O) groups is 2. The molecular formula is C26H25F3N6O2. The van der Waals surface area contributed by atoms with E-state index in [1.807, 2.05) is 35.7 Å². The van der Waals surface area contributed by atoms with Crippen LogP contribution in [0.1, 0.15) is 68.7 Å². The Kier molecular flexibility index (Phi) is 6.22. The monoisotopic (exact) mass is 510 g/mol. The molecule has 0 aliphatic carbocycles. The molecule has 192 valence electrons. The average Bonchev–Trinajstić information content (AvgIpc) is 3.47. The fraction of sp³-hybridized carbons (Fsp3) is 0.308. The Morgan fingerprint density at radius 2 is 1.92 bits per heavy atom. The molecule has 0 bridgehead atoms. The zero-order valence-corrected chi connectivity index (χ0v) is 20.3. The number of anilines is 1. The highest BCUT2D eigenvalue weighted by Crippen LogP contribution is 2.34. The molecule has 2 N–H and O–H groups in total. The Labute approximate surface area is 210 Å². The van der Waals surface area contributed by atoms with Crippen molar-refractivity contribution in [2.75, 3.05) is 11.9 Å². The van der Waals surface area contributed by atoms with E-state index in [0.29, 0.717) is 30.0 Å². The maximum atomic E-state index is 13.5. The molecule has 4 heterocycles. The quantitative estimate of drug-likeness (QED) is 0.389. The lowest BCUT2D eigenvalue weighted by Crippen LogP contribution is -2.39. The van der Waals surface area contributed by atoms with Gasteiger partial charge in [-0.15, -0.1) is 0 Å². The minimum absolute atomic E-state index is 0.0869. The number of aromatic nitrogens is 4. The number of hydrogen-bond donors (Lipinski definition) is 2. The SMILES string of the molecule is Cc1c(C(=O)Nc2cc(C3CCCCN3C(=O)c3nc4ccccn4c3C)[nH]n2)cccc1C(F)(F)F. The first-order valence-electron chi connectivity index (χ1n) is 11.9. The summed E-state index contributed by atoms with van der Waals surface area (Å²) in [6, 6.07) is 10.4. The van der Waals surface area contributed by atoms with Crippen LogP contribution in [0.25, 0.3) is 5.65 Å². The summed E-state index contributed by atoms with van der Waals surface area (Å²) in [6.45, 7) is 3.66. The van der Waals surface area contributed by atoms with Crippen LogP contribution in [0.15, 0.2) is 48.7 Å². The van der Waals surface area contributed by atoms with Gasteiger partial charge >= 0.3 is 6.18 Å². The van der Waals surface area contributed by atoms with Crippen molar-refractivity contribution in [3.05, 3.63) is 82.4 Å². The van der Waals surface area contributed by atoms with Crippen LogP contribution in [0.5, 0.6) is 0 Å². The molecule has 1 aliphatic heterocycles. The summed E-state index contributed by atoms with van der Waals surface area (Å²) in [5, 5.41) is 9.61. The van der Waals surface area contributed by atoms with Gasteiger partial charge in [0.05, 0.1) is 23.0 Å². The fourth-order valence-corrected chi connectivity index (χ4v) is 4.90. The molecule has 11 heteroatoms. The second kappa shape index (κ2) is 9.38. The van der Waals surface area contributed by atoms with Crippen molar-refractivity contribution in [1.29, 1.82) is 0 Å². The second-order valence-electron chi connectivity index (χ2n) is 9.12. The van der Waals surface area contributed by atoms with Crippen LogP contribution < -0.4 is 5.32 Å². The fourth-order valence-electron chi connectivity index (χ4n) is 4.90. The molecule has 3 aromatic heterocycles. The van der Waals surface area contributed by atoms with Gasteiger partial charge in [-0.3, -0.25) is 14.7 Å². The average molecular weight is 511 g/mol. The first-order valence-corrected chi connectivity index (χ1v) is 11.9. The molecule has 1 atom stereocenters. The standard InChI is InChI=1S/C26H25F3N6O2/c1-15-17(8-7-9-18(15)26(27,28)29)24(36)30-21-14-19(32-33-21)20-10-3-5-13-35(20)25(37)23-16(2)34-12-6-4-11-22(34)31-23/h4,6-9,11-12,14,20H,3,5,10,13H2,1-2H3,(H2,30,32,33,36). The maximum Gasteiger partial charge on any atom is 0.416 e. The van der Waals surface area contributed by atoms with Crippen molar-refractivity contribution in [3.8, 4) is 0 Å². The lowest BCUT2D eigenvalue weighted by atomic mass is 9.98. The van der Waals surface area contributed by atoms with Crippen molar-refractivity contribution in [2.24, 2.45) is 0 Å². The number of aromatic amines is 1. The molecule has 1 aliphatic rings. The highest BCUT2D eigenvalue weighted by molar-refractivity contribution is 6.05. The van der Waals surface area contributed by atoms with Crippen molar-refractivity contribution in [3.63, 3.8) is 0 Å². The van der Waals surface area contributed by atoms with Crippen molar-refractivity contribution < 1.29 is 22.8 Å². The Bertz CT molecular complexity index is 1490. The highest BCUT2D eigenvalue weighted by Gasteiger charge is 2.34. The molecule has 0 saturated carbocycles. The minimum Gasteiger partial charge on any atom is -0.329 e. The molecule has 5 rings (SSSR count). The van der Waals surface area contributed by atoms with E-state index >= 15 is 0 Å². The number of imidazole rings is 1. The summed E-state index contributed by atoms with van der Waals surface area (Å²) in [6.07, 6.45) is -0.251. The maximum absolute atomic E-state index is 13.5. The molecular weight excluding hydrogens is 485 g/mol. The van der Waals surface area contributed by atoms with Gasteiger partial charge in [0.2, 0.25) is 0 Å². The van der Waals surface area contributed by atoms with Gasteiger partial charge in [-0.1, -0.05) is 12.1 Å². The number of pyridine rings is 1. The van der Waals surface area contributed by atoms with Crippen LogP contribution in [-0.2, 0) is 6.18 Å². The van der Waals surface area contributed by atoms with E-state index < -0.39 is 17.6 Å². The van der Waals surface area contributed by atoms with E-state index in [-0.39, 0.29) is 28.9 Å². The number of alkyl halides is 3. The van der Waals surface area contributed by atoms with Gasteiger partial charge in [-0.25, -0.2) is 4.98 Å². The smallest absolute Gasteiger partial charge is 0.329 e. The number of piperidine rings is 1. The summed E-state index contributed by atoms with van der Waals surface area (Å²) in [5.74, 6) is -0.720. The molecule has 1 unspecified atom stereocenters. The van der Waals surface area contributed by atoms with Gasteiger partial charge in [-0.05, 0) is 62.9 Å². The van der Waals surface area contributed by atoms with E-state index in [9.17, 15) is 22.8 Å². The number of rotatable bonds is 4. The summed E-state index contributed by atoms with van der Waals surface area (Å²) >= 11 is 0. The third kappa shape index (κ3) is 4.56. The van der Waals surface area contributed by atoms with Crippen molar-refractivity contribution in [1.82, 2.24) is 24.5 Å². The lowest BCUT2D eigenvalue weighted by molar-refractivity contribution is -0.138. The normalized spacial score (nSPS) is 16.2. The first kappa shape index (κ1) is 24.5. The molecule has 1 fully saturated rings. The molecule has 0 spiro atoms. The van der Waals surface area contributed by atoms with Crippen LogP contribution in [0.2, 0.25) is 0 Å². The number of halogens is 3. The molecule has 1 saturated heterocycles. The van der Waals surface area contributed by atoms with E-state index in [4.69, 9.17) is 0 Å². The number of benzene rings is 1. The molecule has 0 radical (unpaired) electrons. The number of H-pyrrole nitrogens is 1. The molecule has 8 nitrogen and oxygen atoms in total. The summed E-state index contributed by atoms with van der Waals surface area (Å²) in [5.41, 5.74) is 1.34. The van der Waals surface area contributed by atoms with Crippen LogP contribution in [0.3, 0.4) is 0 Å². The highest BCUT2D eigenvalue weighted by atomic mass is 19.4. The number of hydrogen-bond acceptors (Lipinski definition) is 4. The van der Waals surface area contributed by atoms with Gasteiger partial charge in [0.15, 0.2) is 5.82 Å². The van der Waals surface area contributed by atoms with E-state index in [1.54, 1.807) is 11.0 Å². The van der Waals surface area contributed by atoms with Gasteiger partial charge in [0.25, 0.3) is 11.8 Å². The number of amides is 2. The largest absolute Gasteiger partial charge is 0.416 e.